The standard InChI is InChI=1S/C23H27N3O2/c1-15(2)20-7-6-8-21(16(3)4)23(20)25-22(28)14-26(17(5)27)19-11-9-18(13-24)10-12-19/h6-12,15-16H,14H2,1-5H3,(H,25,28). The molecule has 146 valence electrons. The monoisotopic (exact) mass is 377 g/mol. The fraction of sp³-hybridized carbons (Fsp3) is 0.348. The van der Waals surface area contributed by atoms with Crippen LogP contribution in [0, 0.1) is 11.3 Å². The smallest absolute Gasteiger partial charge is 0.244 e. The number of hydrogen-bond donors (Lipinski definition) is 1. The third-order valence-electron chi connectivity index (χ3n) is 4.63. The molecule has 5 nitrogen and oxygen atoms in total. The number of anilines is 2. The van der Waals surface area contributed by atoms with E-state index in [-0.39, 0.29) is 30.2 Å². The lowest BCUT2D eigenvalue weighted by molar-refractivity contribution is -0.120. The molecule has 1 N–H and O–H groups in total. The van der Waals surface area contributed by atoms with E-state index < -0.39 is 0 Å². The largest absolute Gasteiger partial charge is 0.324 e. The first kappa shape index (κ1) is 21.2. The van der Waals surface area contributed by atoms with E-state index in [4.69, 9.17) is 5.26 Å². The number of para-hydroxylation sites is 1. The van der Waals surface area contributed by atoms with E-state index in [2.05, 4.69) is 33.0 Å². The van der Waals surface area contributed by atoms with Crippen molar-refractivity contribution < 1.29 is 9.59 Å². The molecule has 2 rings (SSSR count). The average Bonchev–Trinajstić information content (AvgIpc) is 2.65. The van der Waals surface area contributed by atoms with Gasteiger partial charge >= 0.3 is 0 Å². The normalized spacial score (nSPS) is 10.6. The minimum Gasteiger partial charge on any atom is -0.324 e. The lowest BCUT2D eigenvalue weighted by Gasteiger charge is -2.23. The van der Waals surface area contributed by atoms with E-state index >= 15 is 0 Å². The van der Waals surface area contributed by atoms with Gasteiger partial charge in [0.1, 0.15) is 6.54 Å². The summed E-state index contributed by atoms with van der Waals surface area (Å²) in [5, 5.41) is 12.0. The van der Waals surface area contributed by atoms with Crippen LogP contribution in [0.25, 0.3) is 0 Å². The number of nitrogens with zero attached hydrogens (tertiary/aromatic N) is 2. The van der Waals surface area contributed by atoms with E-state index in [0.29, 0.717) is 11.3 Å². The summed E-state index contributed by atoms with van der Waals surface area (Å²) in [4.78, 5) is 26.3. The molecule has 0 aromatic heterocycles. The molecule has 0 fully saturated rings. The Kier molecular flexibility index (Phi) is 6.94. The lowest BCUT2D eigenvalue weighted by Crippen LogP contribution is -2.37. The van der Waals surface area contributed by atoms with Gasteiger partial charge in [-0.3, -0.25) is 9.59 Å². The van der Waals surface area contributed by atoms with Gasteiger partial charge in [-0.25, -0.2) is 0 Å². The first-order valence-corrected chi connectivity index (χ1v) is 9.45. The quantitative estimate of drug-likeness (QED) is 0.786. The molecule has 2 amide bonds. The third-order valence-corrected chi connectivity index (χ3v) is 4.63. The highest BCUT2D eigenvalue weighted by Crippen LogP contribution is 2.32. The molecule has 0 aliphatic heterocycles. The molecule has 28 heavy (non-hydrogen) atoms. The first-order chi connectivity index (χ1) is 13.2. The second kappa shape index (κ2) is 9.18. The van der Waals surface area contributed by atoms with Gasteiger partial charge in [0.15, 0.2) is 0 Å². The second-order valence-electron chi connectivity index (χ2n) is 7.43. The fourth-order valence-corrected chi connectivity index (χ4v) is 3.12. The minimum atomic E-state index is -0.255. The van der Waals surface area contributed by atoms with Crippen LogP contribution in [0.4, 0.5) is 11.4 Å². The maximum Gasteiger partial charge on any atom is 0.244 e. The molecule has 0 bridgehead atoms. The van der Waals surface area contributed by atoms with E-state index in [0.717, 1.165) is 16.8 Å². The van der Waals surface area contributed by atoms with Crippen molar-refractivity contribution in [2.24, 2.45) is 0 Å². The molecule has 0 saturated heterocycles. The highest BCUT2D eigenvalue weighted by molar-refractivity contribution is 6.02. The first-order valence-electron chi connectivity index (χ1n) is 9.45. The van der Waals surface area contributed by atoms with Crippen LogP contribution in [0.3, 0.4) is 0 Å². The number of carbonyl (C=O) groups is 2. The highest BCUT2D eigenvalue weighted by Gasteiger charge is 2.19. The van der Waals surface area contributed by atoms with Crippen LogP contribution in [0.5, 0.6) is 0 Å². The van der Waals surface area contributed by atoms with Crippen molar-refractivity contribution in [2.45, 2.75) is 46.5 Å². The molecule has 0 unspecified atom stereocenters. The number of hydrogen-bond acceptors (Lipinski definition) is 3. The summed E-state index contributed by atoms with van der Waals surface area (Å²) in [6.45, 7) is 9.70. The molecule has 0 atom stereocenters. The Morgan fingerprint density at radius 1 is 1.00 bits per heavy atom. The van der Waals surface area contributed by atoms with Gasteiger partial charge < -0.3 is 10.2 Å². The summed E-state index contributed by atoms with van der Waals surface area (Å²) in [6, 6.07) is 14.7. The van der Waals surface area contributed by atoms with E-state index in [1.165, 1.54) is 11.8 Å². The van der Waals surface area contributed by atoms with Crippen LogP contribution in [0.15, 0.2) is 42.5 Å². The van der Waals surface area contributed by atoms with Gasteiger partial charge in [-0.2, -0.15) is 5.26 Å². The Morgan fingerprint density at radius 2 is 1.54 bits per heavy atom. The highest BCUT2D eigenvalue weighted by atomic mass is 16.2. The molecule has 2 aromatic carbocycles. The summed E-state index contributed by atoms with van der Waals surface area (Å²) >= 11 is 0. The number of carbonyl (C=O) groups excluding carboxylic acids is 2. The summed E-state index contributed by atoms with van der Waals surface area (Å²) in [5.41, 5.74) is 4.08. The summed E-state index contributed by atoms with van der Waals surface area (Å²) < 4.78 is 0. The molecular weight excluding hydrogens is 350 g/mol. The molecule has 0 saturated carbocycles. The fourth-order valence-electron chi connectivity index (χ4n) is 3.12. The molecule has 2 aromatic rings. The Balaban J connectivity index is 2.28. The van der Waals surface area contributed by atoms with Crippen molar-refractivity contribution in [1.29, 1.82) is 5.26 Å². The van der Waals surface area contributed by atoms with Crippen molar-refractivity contribution >= 4 is 23.2 Å². The zero-order valence-corrected chi connectivity index (χ0v) is 17.1. The van der Waals surface area contributed by atoms with Crippen LogP contribution in [0.2, 0.25) is 0 Å². The summed E-state index contributed by atoms with van der Waals surface area (Å²) in [7, 11) is 0. The Hall–Kier alpha value is -3.13. The topological polar surface area (TPSA) is 73.2 Å². The summed E-state index contributed by atoms with van der Waals surface area (Å²) in [5.74, 6) is 0.0310. The Morgan fingerprint density at radius 3 is 1.96 bits per heavy atom. The number of rotatable bonds is 6. The zero-order chi connectivity index (χ0) is 20.8. The Bertz CT molecular complexity index is 867. The number of benzene rings is 2. The molecular formula is C23H27N3O2. The number of nitrogens with one attached hydrogen (secondary N) is 1. The zero-order valence-electron chi connectivity index (χ0n) is 17.1. The van der Waals surface area contributed by atoms with Crippen molar-refractivity contribution in [3.05, 3.63) is 59.2 Å². The van der Waals surface area contributed by atoms with Gasteiger partial charge in [0.25, 0.3) is 0 Å². The van der Waals surface area contributed by atoms with Crippen molar-refractivity contribution in [2.75, 3.05) is 16.8 Å². The van der Waals surface area contributed by atoms with Gasteiger partial charge in [-0.15, -0.1) is 0 Å². The SMILES string of the molecule is CC(=O)N(CC(=O)Nc1c(C(C)C)cccc1C(C)C)c1ccc(C#N)cc1. The van der Waals surface area contributed by atoms with Gasteiger partial charge in [0.05, 0.1) is 11.6 Å². The minimum absolute atomic E-state index is 0.0921. The predicted molar refractivity (Wildman–Crippen MR) is 112 cm³/mol. The maximum atomic E-state index is 12.8. The number of amides is 2. The van der Waals surface area contributed by atoms with Crippen LogP contribution >= 0.6 is 0 Å². The van der Waals surface area contributed by atoms with Gasteiger partial charge in [0, 0.05) is 18.3 Å². The molecule has 0 aliphatic rings. The van der Waals surface area contributed by atoms with Crippen LogP contribution < -0.4 is 10.2 Å². The number of nitriles is 1. The maximum absolute atomic E-state index is 12.8. The second-order valence-corrected chi connectivity index (χ2v) is 7.43. The molecule has 5 heteroatoms. The molecule has 0 spiro atoms. The molecule has 0 aliphatic carbocycles. The van der Waals surface area contributed by atoms with Crippen LogP contribution in [-0.2, 0) is 9.59 Å². The summed E-state index contributed by atoms with van der Waals surface area (Å²) in [6.07, 6.45) is 0. The molecule has 0 heterocycles. The third kappa shape index (κ3) is 4.98. The van der Waals surface area contributed by atoms with E-state index in [1.54, 1.807) is 24.3 Å². The lowest BCUT2D eigenvalue weighted by atomic mass is 9.92. The van der Waals surface area contributed by atoms with Gasteiger partial charge in [-0.05, 0) is 47.2 Å². The van der Waals surface area contributed by atoms with Crippen LogP contribution in [-0.4, -0.2) is 18.4 Å². The predicted octanol–water partition coefficient (Wildman–Crippen LogP) is 4.80. The average molecular weight is 377 g/mol. The van der Waals surface area contributed by atoms with E-state index in [1.807, 2.05) is 24.3 Å². The van der Waals surface area contributed by atoms with Crippen molar-refractivity contribution in [3.63, 3.8) is 0 Å². The van der Waals surface area contributed by atoms with Gasteiger partial charge in [0.2, 0.25) is 11.8 Å². The van der Waals surface area contributed by atoms with Gasteiger partial charge in [-0.1, -0.05) is 45.9 Å². The van der Waals surface area contributed by atoms with Crippen molar-refractivity contribution in [3.8, 4) is 6.07 Å². The van der Waals surface area contributed by atoms with Crippen LogP contribution in [0.1, 0.15) is 63.1 Å². The Labute approximate surface area is 167 Å². The van der Waals surface area contributed by atoms with Crippen molar-refractivity contribution in [1.82, 2.24) is 0 Å². The van der Waals surface area contributed by atoms with E-state index in [9.17, 15) is 9.59 Å². The molecule has 0 radical (unpaired) electrons.